The third-order valence-electron chi connectivity index (χ3n) is 5.85. The third kappa shape index (κ3) is 2.56. The lowest BCUT2D eigenvalue weighted by Gasteiger charge is -2.52. The van der Waals surface area contributed by atoms with Gasteiger partial charge in [-0.25, -0.2) is 0 Å². The second-order valence-electron chi connectivity index (χ2n) is 6.64. The molecule has 0 aromatic carbocycles. The molecule has 0 bridgehead atoms. The van der Waals surface area contributed by atoms with Crippen molar-refractivity contribution < 1.29 is 0 Å². The smallest absolute Gasteiger partial charge is 0.0359 e. The summed E-state index contributed by atoms with van der Waals surface area (Å²) >= 11 is 0. The van der Waals surface area contributed by atoms with Crippen LogP contribution in [0.2, 0.25) is 0 Å². The molecule has 0 aliphatic carbocycles. The number of nitrogens with zero attached hydrogens (tertiary/aromatic N) is 3. The summed E-state index contributed by atoms with van der Waals surface area (Å²) in [7, 11) is 0. The maximum Gasteiger partial charge on any atom is 0.0359 e. The van der Waals surface area contributed by atoms with Gasteiger partial charge in [0.2, 0.25) is 0 Å². The van der Waals surface area contributed by atoms with E-state index in [-0.39, 0.29) is 0 Å². The summed E-state index contributed by atoms with van der Waals surface area (Å²) in [5.74, 6) is 0. The normalized spacial score (nSPS) is 38.5. The molecule has 110 valence electrons. The van der Waals surface area contributed by atoms with E-state index in [1.54, 1.807) is 0 Å². The highest BCUT2D eigenvalue weighted by atomic mass is 15.3. The average molecular weight is 266 g/mol. The molecule has 2 atom stereocenters. The van der Waals surface area contributed by atoms with Crippen molar-refractivity contribution in [3.63, 3.8) is 0 Å². The molecule has 3 aliphatic heterocycles. The van der Waals surface area contributed by atoms with Crippen molar-refractivity contribution in [2.24, 2.45) is 5.73 Å². The SMILES string of the molecule is CCN1CCN(C2(CN)CCN3CCCC3C2)CC1. The molecule has 3 heterocycles. The lowest BCUT2D eigenvalue weighted by Crippen LogP contribution is -2.64. The first kappa shape index (κ1) is 13.8. The van der Waals surface area contributed by atoms with Gasteiger partial charge in [-0.1, -0.05) is 6.92 Å². The highest BCUT2D eigenvalue weighted by Gasteiger charge is 2.44. The predicted octanol–water partition coefficient (Wildman–Crippen LogP) is 0.580. The molecule has 0 saturated carbocycles. The first-order valence-electron chi connectivity index (χ1n) is 8.19. The third-order valence-corrected chi connectivity index (χ3v) is 5.85. The molecule has 0 spiro atoms. The van der Waals surface area contributed by atoms with Crippen LogP contribution in [-0.4, -0.2) is 78.6 Å². The number of rotatable bonds is 3. The Hall–Kier alpha value is -0.160. The van der Waals surface area contributed by atoms with Gasteiger partial charge < -0.3 is 15.5 Å². The molecule has 3 rings (SSSR count). The van der Waals surface area contributed by atoms with Gasteiger partial charge in [-0.05, 0) is 38.8 Å². The van der Waals surface area contributed by atoms with Gasteiger partial charge in [-0.3, -0.25) is 4.90 Å². The summed E-state index contributed by atoms with van der Waals surface area (Å²) in [6, 6.07) is 0.821. The van der Waals surface area contributed by atoms with Crippen LogP contribution in [0.15, 0.2) is 0 Å². The van der Waals surface area contributed by atoms with Gasteiger partial charge in [0.05, 0.1) is 0 Å². The molecular weight excluding hydrogens is 236 g/mol. The Labute approximate surface area is 117 Å². The van der Waals surface area contributed by atoms with Crippen LogP contribution in [0.5, 0.6) is 0 Å². The molecule has 19 heavy (non-hydrogen) atoms. The van der Waals surface area contributed by atoms with E-state index in [4.69, 9.17) is 5.73 Å². The average Bonchev–Trinajstić information content (AvgIpc) is 2.94. The minimum atomic E-state index is 0.311. The first-order valence-corrected chi connectivity index (χ1v) is 8.19. The van der Waals surface area contributed by atoms with E-state index in [2.05, 4.69) is 21.6 Å². The van der Waals surface area contributed by atoms with Crippen LogP contribution in [0.1, 0.15) is 32.6 Å². The van der Waals surface area contributed by atoms with Crippen molar-refractivity contribution in [2.75, 3.05) is 52.4 Å². The number of fused-ring (bicyclic) bond motifs is 1. The number of hydrogen-bond acceptors (Lipinski definition) is 4. The standard InChI is InChI=1S/C15H30N4/c1-2-17-8-10-19(11-9-17)15(13-16)5-7-18-6-3-4-14(18)12-15/h14H,2-13,16H2,1H3. The fraction of sp³-hybridized carbons (Fsp3) is 1.00. The van der Waals surface area contributed by atoms with E-state index < -0.39 is 0 Å². The molecule has 2 unspecified atom stereocenters. The topological polar surface area (TPSA) is 35.7 Å². The molecule has 4 heteroatoms. The summed E-state index contributed by atoms with van der Waals surface area (Å²) < 4.78 is 0. The maximum absolute atomic E-state index is 6.25. The van der Waals surface area contributed by atoms with Crippen LogP contribution >= 0.6 is 0 Å². The van der Waals surface area contributed by atoms with E-state index >= 15 is 0 Å². The van der Waals surface area contributed by atoms with Crippen molar-refractivity contribution >= 4 is 0 Å². The van der Waals surface area contributed by atoms with Gasteiger partial charge in [0.25, 0.3) is 0 Å². The summed E-state index contributed by atoms with van der Waals surface area (Å²) in [6.45, 7) is 11.8. The Morgan fingerprint density at radius 3 is 2.58 bits per heavy atom. The highest BCUT2D eigenvalue weighted by Crippen LogP contribution is 2.36. The van der Waals surface area contributed by atoms with E-state index in [1.807, 2.05) is 0 Å². The molecule has 3 aliphatic rings. The van der Waals surface area contributed by atoms with Crippen molar-refractivity contribution in [1.29, 1.82) is 0 Å². The summed E-state index contributed by atoms with van der Waals surface area (Å²) in [6.07, 6.45) is 5.40. The highest BCUT2D eigenvalue weighted by molar-refractivity contribution is 5.02. The van der Waals surface area contributed by atoms with E-state index in [1.165, 1.54) is 71.5 Å². The molecule has 0 aromatic rings. The van der Waals surface area contributed by atoms with Crippen molar-refractivity contribution in [3.8, 4) is 0 Å². The van der Waals surface area contributed by atoms with Gasteiger partial charge in [0, 0.05) is 50.8 Å². The minimum absolute atomic E-state index is 0.311. The number of piperazine rings is 1. The van der Waals surface area contributed by atoms with Gasteiger partial charge in [-0.2, -0.15) is 0 Å². The molecular formula is C15H30N4. The van der Waals surface area contributed by atoms with Crippen LogP contribution in [0, 0.1) is 0 Å². The van der Waals surface area contributed by atoms with Crippen molar-refractivity contribution in [1.82, 2.24) is 14.7 Å². The molecule has 2 N–H and O–H groups in total. The first-order chi connectivity index (χ1) is 9.27. The monoisotopic (exact) mass is 266 g/mol. The fourth-order valence-electron chi connectivity index (χ4n) is 4.45. The molecule has 4 nitrogen and oxygen atoms in total. The van der Waals surface area contributed by atoms with Gasteiger partial charge in [0.15, 0.2) is 0 Å². The zero-order valence-electron chi connectivity index (χ0n) is 12.5. The largest absolute Gasteiger partial charge is 0.329 e. The Morgan fingerprint density at radius 1 is 1.11 bits per heavy atom. The van der Waals surface area contributed by atoms with Crippen molar-refractivity contribution in [2.45, 2.75) is 44.2 Å². The second-order valence-corrected chi connectivity index (χ2v) is 6.64. The number of hydrogen-bond donors (Lipinski definition) is 1. The number of piperidine rings is 1. The zero-order valence-corrected chi connectivity index (χ0v) is 12.5. The lowest BCUT2D eigenvalue weighted by molar-refractivity contribution is -0.0166. The van der Waals surface area contributed by atoms with Crippen LogP contribution in [0.4, 0.5) is 0 Å². The van der Waals surface area contributed by atoms with Crippen molar-refractivity contribution in [3.05, 3.63) is 0 Å². The number of likely N-dealkylation sites (N-methyl/N-ethyl adjacent to an activating group) is 1. The Kier molecular flexibility index (Phi) is 4.13. The summed E-state index contributed by atoms with van der Waals surface area (Å²) in [4.78, 5) is 8.00. The Balaban J connectivity index is 1.66. The minimum Gasteiger partial charge on any atom is -0.329 e. The van der Waals surface area contributed by atoms with Crippen LogP contribution < -0.4 is 5.73 Å². The van der Waals surface area contributed by atoms with Crippen LogP contribution in [0.25, 0.3) is 0 Å². The molecule has 0 aromatic heterocycles. The summed E-state index contributed by atoms with van der Waals surface area (Å²) in [5, 5.41) is 0. The zero-order chi connectivity index (χ0) is 13.3. The van der Waals surface area contributed by atoms with E-state index in [9.17, 15) is 0 Å². The lowest BCUT2D eigenvalue weighted by atomic mass is 9.81. The van der Waals surface area contributed by atoms with Crippen LogP contribution in [0.3, 0.4) is 0 Å². The molecule has 3 saturated heterocycles. The Morgan fingerprint density at radius 2 is 1.89 bits per heavy atom. The molecule has 0 amide bonds. The van der Waals surface area contributed by atoms with Gasteiger partial charge >= 0.3 is 0 Å². The fourth-order valence-corrected chi connectivity index (χ4v) is 4.45. The second kappa shape index (κ2) is 5.68. The Bertz CT molecular complexity index is 301. The maximum atomic E-state index is 6.25. The summed E-state index contributed by atoms with van der Waals surface area (Å²) in [5.41, 5.74) is 6.56. The van der Waals surface area contributed by atoms with E-state index in [0.29, 0.717) is 5.54 Å². The van der Waals surface area contributed by atoms with Gasteiger partial charge in [0.1, 0.15) is 0 Å². The van der Waals surface area contributed by atoms with Gasteiger partial charge in [-0.15, -0.1) is 0 Å². The molecule has 0 radical (unpaired) electrons. The van der Waals surface area contributed by atoms with Crippen LogP contribution in [-0.2, 0) is 0 Å². The predicted molar refractivity (Wildman–Crippen MR) is 79.3 cm³/mol. The quantitative estimate of drug-likeness (QED) is 0.810. The molecule has 3 fully saturated rings. The number of nitrogens with two attached hydrogens (primary N) is 1. The van der Waals surface area contributed by atoms with E-state index in [0.717, 1.165) is 12.6 Å².